The number of aliphatic hydroxyl groups is 1. The molecule has 0 fully saturated rings. The summed E-state index contributed by atoms with van der Waals surface area (Å²) in [4.78, 5) is 14.1. The van der Waals surface area contributed by atoms with E-state index in [-0.39, 0.29) is 6.61 Å². The van der Waals surface area contributed by atoms with Crippen LogP contribution in [-0.4, -0.2) is 31.8 Å². The molecule has 0 radical (unpaired) electrons. The monoisotopic (exact) mass is 333 g/mol. The van der Waals surface area contributed by atoms with Crippen molar-refractivity contribution in [3.8, 4) is 0 Å². The van der Waals surface area contributed by atoms with Gasteiger partial charge in [0.2, 0.25) is 0 Å². The molecule has 5 nitrogen and oxygen atoms in total. The quantitative estimate of drug-likeness (QED) is 0.787. The number of aliphatic hydroxyl groups excluding tert-OH is 1. The summed E-state index contributed by atoms with van der Waals surface area (Å²) in [5.74, 6) is 0. The van der Waals surface area contributed by atoms with Crippen LogP contribution in [0.2, 0.25) is 5.02 Å². The smallest absolute Gasteiger partial charge is 0.319 e. The molecule has 2 amide bonds. The van der Waals surface area contributed by atoms with Gasteiger partial charge in [-0.3, -0.25) is 0 Å². The molecule has 122 valence electrons. The molecular formula is C17H20ClN3O2. The largest absolute Gasteiger partial charge is 0.394 e. The third-order valence-electron chi connectivity index (χ3n) is 3.38. The molecule has 0 saturated heterocycles. The zero-order valence-electron chi connectivity index (χ0n) is 13.1. The number of nitrogens with zero attached hydrogens (tertiary/aromatic N) is 1. The molecule has 0 bridgehead atoms. The van der Waals surface area contributed by atoms with Gasteiger partial charge in [0.15, 0.2) is 0 Å². The van der Waals surface area contributed by atoms with E-state index in [1.165, 1.54) is 0 Å². The van der Waals surface area contributed by atoms with Crippen LogP contribution in [-0.2, 0) is 0 Å². The molecule has 3 N–H and O–H groups in total. The van der Waals surface area contributed by atoms with Gasteiger partial charge < -0.3 is 20.6 Å². The summed E-state index contributed by atoms with van der Waals surface area (Å²) in [6.45, 7) is -0.187. The molecule has 23 heavy (non-hydrogen) atoms. The van der Waals surface area contributed by atoms with E-state index in [9.17, 15) is 9.90 Å². The minimum Gasteiger partial charge on any atom is -0.394 e. The molecule has 2 aromatic rings. The summed E-state index contributed by atoms with van der Waals surface area (Å²) in [5.41, 5.74) is 2.28. The van der Waals surface area contributed by atoms with Crippen molar-refractivity contribution in [1.82, 2.24) is 5.32 Å². The maximum Gasteiger partial charge on any atom is 0.319 e. The van der Waals surface area contributed by atoms with Crippen molar-refractivity contribution >= 4 is 29.0 Å². The third kappa shape index (κ3) is 4.61. The highest BCUT2D eigenvalue weighted by atomic mass is 35.5. The van der Waals surface area contributed by atoms with E-state index in [1.807, 2.05) is 55.4 Å². The van der Waals surface area contributed by atoms with Crippen LogP contribution in [0, 0.1) is 0 Å². The number of anilines is 2. The zero-order chi connectivity index (χ0) is 16.8. The van der Waals surface area contributed by atoms with Gasteiger partial charge in [0.1, 0.15) is 0 Å². The Hall–Kier alpha value is -2.24. The number of rotatable bonds is 5. The fraction of sp³-hybridized carbons (Fsp3) is 0.235. The first-order chi connectivity index (χ1) is 11.0. The maximum atomic E-state index is 12.2. The predicted octanol–water partition coefficient (Wildman–Crippen LogP) is 3.26. The van der Waals surface area contributed by atoms with Crippen molar-refractivity contribution in [1.29, 1.82) is 0 Å². The van der Waals surface area contributed by atoms with Crippen LogP contribution < -0.4 is 15.5 Å². The lowest BCUT2D eigenvalue weighted by atomic mass is 10.1. The predicted molar refractivity (Wildman–Crippen MR) is 94.2 cm³/mol. The number of benzene rings is 2. The molecular weight excluding hydrogens is 314 g/mol. The van der Waals surface area contributed by atoms with Crippen molar-refractivity contribution in [2.24, 2.45) is 0 Å². The van der Waals surface area contributed by atoms with Gasteiger partial charge in [-0.25, -0.2) is 4.79 Å². The molecule has 2 rings (SSSR count). The van der Waals surface area contributed by atoms with E-state index >= 15 is 0 Å². The van der Waals surface area contributed by atoms with Crippen molar-refractivity contribution in [3.05, 3.63) is 59.1 Å². The first-order valence-electron chi connectivity index (χ1n) is 7.21. The Kier molecular flexibility index (Phi) is 5.84. The number of hydrogen-bond acceptors (Lipinski definition) is 3. The van der Waals surface area contributed by atoms with Crippen LogP contribution in [0.4, 0.5) is 16.2 Å². The van der Waals surface area contributed by atoms with Gasteiger partial charge in [0.05, 0.1) is 24.0 Å². The lowest BCUT2D eigenvalue weighted by Crippen LogP contribution is -2.34. The molecule has 0 aliphatic heterocycles. The summed E-state index contributed by atoms with van der Waals surface area (Å²) in [7, 11) is 3.76. The minimum atomic E-state index is -0.474. The summed E-state index contributed by atoms with van der Waals surface area (Å²) in [6, 6.07) is 13.7. The number of amides is 2. The summed E-state index contributed by atoms with van der Waals surface area (Å²) in [6.07, 6.45) is 0. The average molecular weight is 334 g/mol. The number of urea groups is 1. The Morgan fingerprint density at radius 1 is 1.22 bits per heavy atom. The zero-order valence-corrected chi connectivity index (χ0v) is 13.8. The lowest BCUT2D eigenvalue weighted by Gasteiger charge is -2.21. The van der Waals surface area contributed by atoms with Crippen molar-refractivity contribution in [3.63, 3.8) is 0 Å². The van der Waals surface area contributed by atoms with Crippen molar-refractivity contribution in [2.45, 2.75) is 6.04 Å². The number of nitrogens with one attached hydrogen (secondary N) is 2. The number of halogens is 1. The Morgan fingerprint density at radius 2 is 1.91 bits per heavy atom. The molecule has 0 aliphatic carbocycles. The Bertz CT molecular complexity index is 662. The van der Waals surface area contributed by atoms with E-state index in [0.29, 0.717) is 10.7 Å². The fourth-order valence-corrected chi connectivity index (χ4v) is 2.41. The number of hydrogen-bond donors (Lipinski definition) is 3. The average Bonchev–Trinajstić information content (AvgIpc) is 2.53. The maximum absolute atomic E-state index is 12.2. The van der Waals surface area contributed by atoms with Crippen LogP contribution in [0.1, 0.15) is 11.6 Å². The molecule has 2 aromatic carbocycles. The number of carbonyl (C=O) groups is 1. The standard InChI is InChI=1S/C17H20ClN3O2/c1-21(2)16-9-8-13(18)10-14(16)19-17(23)20-15(11-22)12-6-4-3-5-7-12/h3-10,15,22H,11H2,1-2H3,(H2,19,20,23)/t15-/m1/s1. The first kappa shape index (κ1) is 17.1. The van der Waals surface area contributed by atoms with E-state index in [2.05, 4.69) is 10.6 Å². The molecule has 0 unspecified atom stereocenters. The SMILES string of the molecule is CN(C)c1ccc(Cl)cc1NC(=O)N[C@H](CO)c1ccccc1. The van der Waals surface area contributed by atoms with Gasteiger partial charge in [0.25, 0.3) is 0 Å². The van der Waals surface area contributed by atoms with Crippen LogP contribution in [0.5, 0.6) is 0 Å². The van der Waals surface area contributed by atoms with Crippen LogP contribution in [0.25, 0.3) is 0 Å². The van der Waals surface area contributed by atoms with Crippen LogP contribution >= 0.6 is 11.6 Å². The Labute approximate surface area is 140 Å². The second-order valence-electron chi connectivity index (χ2n) is 5.30. The van der Waals surface area contributed by atoms with E-state index in [0.717, 1.165) is 11.3 Å². The van der Waals surface area contributed by atoms with Gasteiger partial charge in [-0.15, -0.1) is 0 Å². The minimum absolute atomic E-state index is 0.187. The van der Waals surface area contributed by atoms with E-state index in [4.69, 9.17) is 11.6 Å². The second-order valence-corrected chi connectivity index (χ2v) is 5.74. The van der Waals surface area contributed by atoms with Gasteiger partial charge in [-0.2, -0.15) is 0 Å². The molecule has 0 aliphatic rings. The first-order valence-corrected chi connectivity index (χ1v) is 7.59. The highest BCUT2D eigenvalue weighted by Crippen LogP contribution is 2.27. The van der Waals surface area contributed by atoms with Gasteiger partial charge in [-0.1, -0.05) is 41.9 Å². The second kappa shape index (κ2) is 7.85. The topological polar surface area (TPSA) is 64.6 Å². The molecule has 6 heteroatoms. The molecule has 0 saturated carbocycles. The van der Waals surface area contributed by atoms with Crippen molar-refractivity contribution < 1.29 is 9.90 Å². The Morgan fingerprint density at radius 3 is 2.52 bits per heavy atom. The van der Waals surface area contributed by atoms with Gasteiger partial charge >= 0.3 is 6.03 Å². The van der Waals surface area contributed by atoms with Crippen LogP contribution in [0.3, 0.4) is 0 Å². The number of carbonyl (C=O) groups excluding carboxylic acids is 1. The highest BCUT2D eigenvalue weighted by Gasteiger charge is 2.15. The molecule has 0 aromatic heterocycles. The third-order valence-corrected chi connectivity index (χ3v) is 3.61. The van der Waals surface area contributed by atoms with Crippen molar-refractivity contribution in [2.75, 3.05) is 30.9 Å². The molecule has 0 heterocycles. The van der Waals surface area contributed by atoms with E-state index in [1.54, 1.807) is 12.1 Å². The van der Waals surface area contributed by atoms with Gasteiger partial charge in [-0.05, 0) is 23.8 Å². The van der Waals surface area contributed by atoms with E-state index < -0.39 is 12.1 Å². The summed E-state index contributed by atoms with van der Waals surface area (Å²) in [5, 5.41) is 15.6. The molecule has 0 spiro atoms. The Balaban J connectivity index is 2.11. The normalized spacial score (nSPS) is 11.7. The summed E-state index contributed by atoms with van der Waals surface area (Å²) < 4.78 is 0. The van der Waals surface area contributed by atoms with Gasteiger partial charge in [0, 0.05) is 19.1 Å². The summed E-state index contributed by atoms with van der Waals surface area (Å²) >= 11 is 6.00. The van der Waals surface area contributed by atoms with Crippen LogP contribution in [0.15, 0.2) is 48.5 Å². The lowest BCUT2D eigenvalue weighted by molar-refractivity contribution is 0.225. The molecule has 1 atom stereocenters. The fourth-order valence-electron chi connectivity index (χ4n) is 2.23. The highest BCUT2D eigenvalue weighted by molar-refractivity contribution is 6.31.